The van der Waals surface area contributed by atoms with Crippen molar-refractivity contribution in [1.29, 1.82) is 0 Å². The molecule has 0 aromatic rings. The highest BCUT2D eigenvalue weighted by Gasteiger charge is 2.51. The fraction of sp³-hybridized carbons (Fsp3) is 1.00. The summed E-state index contributed by atoms with van der Waals surface area (Å²) >= 11 is 0. The third kappa shape index (κ3) is 1.81. The van der Waals surface area contributed by atoms with Crippen molar-refractivity contribution < 1.29 is 5.11 Å². The summed E-state index contributed by atoms with van der Waals surface area (Å²) in [7, 11) is 0. The minimum Gasteiger partial charge on any atom is -0.392 e. The van der Waals surface area contributed by atoms with Gasteiger partial charge in [0.1, 0.15) is 0 Å². The maximum atomic E-state index is 9.73. The van der Waals surface area contributed by atoms with Crippen LogP contribution in [0.5, 0.6) is 0 Å². The van der Waals surface area contributed by atoms with E-state index in [4.69, 9.17) is 5.73 Å². The fourth-order valence-corrected chi connectivity index (χ4v) is 2.63. The number of halogens is 2. The number of rotatable bonds is 1. The minimum absolute atomic E-state index is 0. The SMILES string of the molecule is Cl.Cl.NC[C@]12CNC[C@H]1CCC2O. The number of aliphatic hydroxyl groups excluding tert-OH is 1. The van der Waals surface area contributed by atoms with E-state index in [1.54, 1.807) is 0 Å². The van der Waals surface area contributed by atoms with Gasteiger partial charge in [0.15, 0.2) is 0 Å². The van der Waals surface area contributed by atoms with Crippen LogP contribution >= 0.6 is 24.8 Å². The maximum Gasteiger partial charge on any atom is 0.0624 e. The van der Waals surface area contributed by atoms with E-state index in [9.17, 15) is 5.11 Å². The number of aliphatic hydroxyl groups is 1. The Bertz CT molecular complexity index is 170. The van der Waals surface area contributed by atoms with Gasteiger partial charge in [-0.25, -0.2) is 0 Å². The average Bonchev–Trinajstić information content (AvgIpc) is 2.53. The van der Waals surface area contributed by atoms with Gasteiger partial charge in [-0.05, 0) is 25.3 Å². The molecular weight excluding hydrogens is 211 g/mol. The standard InChI is InChI=1S/C8H16N2O.2ClH/c9-4-8-5-10-3-6(8)1-2-7(8)11;;/h6-7,10-11H,1-5,9H2;2*1H/t6-,7?,8+;;/m1../s1. The first-order valence-corrected chi connectivity index (χ1v) is 4.38. The molecule has 3 atom stereocenters. The molecule has 1 unspecified atom stereocenters. The molecule has 0 bridgehead atoms. The Morgan fingerprint density at radius 1 is 1.38 bits per heavy atom. The van der Waals surface area contributed by atoms with Gasteiger partial charge in [-0.1, -0.05) is 0 Å². The van der Waals surface area contributed by atoms with Crippen molar-refractivity contribution >= 4 is 24.8 Å². The number of fused-ring (bicyclic) bond motifs is 1. The van der Waals surface area contributed by atoms with Gasteiger partial charge in [0.2, 0.25) is 0 Å². The highest BCUT2D eigenvalue weighted by Crippen LogP contribution is 2.44. The van der Waals surface area contributed by atoms with E-state index in [0.717, 1.165) is 25.9 Å². The molecule has 0 aromatic carbocycles. The molecule has 0 amide bonds. The Labute approximate surface area is 91.3 Å². The van der Waals surface area contributed by atoms with Crippen LogP contribution in [0.3, 0.4) is 0 Å². The Balaban J connectivity index is 0.000000720. The molecule has 1 aliphatic heterocycles. The third-order valence-corrected chi connectivity index (χ3v) is 3.49. The summed E-state index contributed by atoms with van der Waals surface area (Å²) in [5.41, 5.74) is 5.73. The topological polar surface area (TPSA) is 58.3 Å². The van der Waals surface area contributed by atoms with Crippen LogP contribution in [0.2, 0.25) is 0 Å². The first kappa shape index (κ1) is 13.5. The second kappa shape index (κ2) is 4.80. The smallest absolute Gasteiger partial charge is 0.0624 e. The maximum absolute atomic E-state index is 9.73. The highest BCUT2D eigenvalue weighted by atomic mass is 35.5. The van der Waals surface area contributed by atoms with Crippen LogP contribution < -0.4 is 11.1 Å². The van der Waals surface area contributed by atoms with E-state index in [1.165, 1.54) is 0 Å². The molecule has 3 nitrogen and oxygen atoms in total. The molecule has 0 aromatic heterocycles. The summed E-state index contributed by atoms with van der Waals surface area (Å²) in [5, 5.41) is 13.0. The van der Waals surface area contributed by atoms with Crippen LogP contribution in [-0.2, 0) is 0 Å². The fourth-order valence-electron chi connectivity index (χ4n) is 2.63. The molecule has 1 aliphatic carbocycles. The van der Waals surface area contributed by atoms with Crippen LogP contribution in [0.4, 0.5) is 0 Å². The van der Waals surface area contributed by atoms with E-state index < -0.39 is 0 Å². The summed E-state index contributed by atoms with van der Waals surface area (Å²) in [5.74, 6) is 0.627. The van der Waals surface area contributed by atoms with E-state index >= 15 is 0 Å². The monoisotopic (exact) mass is 228 g/mol. The summed E-state index contributed by atoms with van der Waals surface area (Å²) in [6.07, 6.45) is 1.93. The van der Waals surface area contributed by atoms with Crippen LogP contribution in [0, 0.1) is 11.3 Å². The molecule has 1 saturated heterocycles. The lowest BCUT2D eigenvalue weighted by Crippen LogP contribution is -2.43. The molecular formula is C8H18Cl2N2O. The zero-order chi connectivity index (χ0) is 7.90. The van der Waals surface area contributed by atoms with Crippen molar-refractivity contribution in [1.82, 2.24) is 5.32 Å². The first-order chi connectivity index (χ1) is 5.29. The summed E-state index contributed by atoms with van der Waals surface area (Å²) < 4.78 is 0. The van der Waals surface area contributed by atoms with Gasteiger partial charge >= 0.3 is 0 Å². The van der Waals surface area contributed by atoms with E-state index in [-0.39, 0.29) is 36.3 Å². The predicted molar refractivity (Wildman–Crippen MR) is 57.6 cm³/mol. The lowest BCUT2D eigenvalue weighted by molar-refractivity contribution is 0.0563. The second-order valence-electron chi connectivity index (χ2n) is 3.86. The average molecular weight is 229 g/mol. The summed E-state index contributed by atoms with van der Waals surface area (Å²) in [4.78, 5) is 0. The number of nitrogens with two attached hydrogens (primary N) is 1. The highest BCUT2D eigenvalue weighted by molar-refractivity contribution is 5.85. The molecule has 1 heterocycles. The van der Waals surface area contributed by atoms with Crippen molar-refractivity contribution in [2.45, 2.75) is 18.9 Å². The van der Waals surface area contributed by atoms with Crippen LogP contribution in [-0.4, -0.2) is 30.8 Å². The number of hydrogen-bond acceptors (Lipinski definition) is 3. The molecule has 4 N–H and O–H groups in total. The molecule has 2 fully saturated rings. The van der Waals surface area contributed by atoms with Gasteiger partial charge in [-0.15, -0.1) is 24.8 Å². The first-order valence-electron chi connectivity index (χ1n) is 4.38. The Kier molecular flexibility index (Phi) is 4.97. The van der Waals surface area contributed by atoms with Gasteiger partial charge in [0, 0.05) is 18.5 Å². The van der Waals surface area contributed by atoms with Gasteiger partial charge in [0.25, 0.3) is 0 Å². The molecule has 5 heteroatoms. The Morgan fingerprint density at radius 3 is 2.62 bits per heavy atom. The zero-order valence-corrected chi connectivity index (χ0v) is 9.16. The predicted octanol–water partition coefficient (Wildman–Crippen LogP) is 0.149. The van der Waals surface area contributed by atoms with E-state index in [0.29, 0.717) is 12.5 Å². The Morgan fingerprint density at radius 2 is 2.08 bits per heavy atom. The van der Waals surface area contributed by atoms with Gasteiger partial charge in [0.05, 0.1) is 6.10 Å². The largest absolute Gasteiger partial charge is 0.392 e. The van der Waals surface area contributed by atoms with E-state index in [1.807, 2.05) is 0 Å². The van der Waals surface area contributed by atoms with Crippen molar-refractivity contribution in [3.05, 3.63) is 0 Å². The zero-order valence-electron chi connectivity index (χ0n) is 7.53. The number of hydrogen-bond donors (Lipinski definition) is 3. The molecule has 0 spiro atoms. The third-order valence-electron chi connectivity index (χ3n) is 3.49. The molecule has 2 rings (SSSR count). The van der Waals surface area contributed by atoms with Gasteiger partial charge in [-0.2, -0.15) is 0 Å². The normalized spacial score (nSPS) is 42.0. The molecule has 13 heavy (non-hydrogen) atoms. The second-order valence-corrected chi connectivity index (χ2v) is 3.86. The Hall–Kier alpha value is 0.460. The molecule has 80 valence electrons. The van der Waals surface area contributed by atoms with Gasteiger partial charge in [-0.3, -0.25) is 0 Å². The van der Waals surface area contributed by atoms with Crippen molar-refractivity contribution in [3.63, 3.8) is 0 Å². The summed E-state index contributed by atoms with van der Waals surface area (Å²) in [6.45, 7) is 2.59. The van der Waals surface area contributed by atoms with Crippen LogP contribution in [0.25, 0.3) is 0 Å². The molecule has 2 aliphatic rings. The van der Waals surface area contributed by atoms with Gasteiger partial charge < -0.3 is 16.2 Å². The quantitative estimate of drug-likeness (QED) is 0.599. The van der Waals surface area contributed by atoms with Crippen molar-refractivity contribution in [2.75, 3.05) is 19.6 Å². The van der Waals surface area contributed by atoms with Crippen molar-refractivity contribution in [2.24, 2.45) is 17.1 Å². The molecule has 1 saturated carbocycles. The summed E-state index contributed by atoms with van der Waals surface area (Å²) in [6, 6.07) is 0. The molecule has 0 radical (unpaired) electrons. The van der Waals surface area contributed by atoms with Crippen molar-refractivity contribution in [3.8, 4) is 0 Å². The van der Waals surface area contributed by atoms with E-state index in [2.05, 4.69) is 5.32 Å². The van der Waals surface area contributed by atoms with Crippen LogP contribution in [0.1, 0.15) is 12.8 Å². The van der Waals surface area contributed by atoms with Crippen LogP contribution in [0.15, 0.2) is 0 Å². The number of nitrogens with one attached hydrogen (secondary N) is 1. The lowest BCUT2D eigenvalue weighted by atomic mass is 9.79. The minimum atomic E-state index is -0.160. The lowest BCUT2D eigenvalue weighted by Gasteiger charge is -2.30.